The molecule has 25 heavy (non-hydrogen) atoms. The monoisotopic (exact) mass is 342 g/mol. The Morgan fingerprint density at radius 3 is 2.44 bits per heavy atom. The predicted octanol–water partition coefficient (Wildman–Crippen LogP) is 4.04. The van der Waals surface area contributed by atoms with Gasteiger partial charge in [-0.2, -0.15) is 0 Å². The molecular formula is C20H22O5. The summed E-state index contributed by atoms with van der Waals surface area (Å²) in [6.07, 6.45) is 1.58. The summed E-state index contributed by atoms with van der Waals surface area (Å²) in [5, 5.41) is 9.75. The maximum atomic E-state index is 11.9. The van der Waals surface area contributed by atoms with Crippen LogP contribution in [-0.4, -0.2) is 31.9 Å². The standard InChI is InChI=1S/C20H22O5/c1-5-25-19-14(7-6-8-18(19)24-4)12-16(20(21)22)15-11-13(2)9-10-17(15)23-3/h6-12H,5H2,1-4H3,(H,21,22)/b16-12-. The van der Waals surface area contributed by atoms with Gasteiger partial charge in [0, 0.05) is 11.1 Å². The van der Waals surface area contributed by atoms with E-state index < -0.39 is 5.97 Å². The Bertz CT molecular complexity index is 793. The Kier molecular flexibility index (Phi) is 6.06. The van der Waals surface area contributed by atoms with E-state index in [1.54, 1.807) is 43.5 Å². The van der Waals surface area contributed by atoms with Crippen molar-refractivity contribution >= 4 is 17.6 Å². The number of hydrogen-bond donors (Lipinski definition) is 1. The van der Waals surface area contributed by atoms with Gasteiger partial charge >= 0.3 is 5.97 Å². The Balaban J connectivity index is 2.67. The van der Waals surface area contributed by atoms with E-state index in [0.717, 1.165) is 5.56 Å². The molecule has 0 radical (unpaired) electrons. The van der Waals surface area contributed by atoms with E-state index in [2.05, 4.69) is 0 Å². The normalized spacial score (nSPS) is 11.1. The van der Waals surface area contributed by atoms with Gasteiger partial charge in [-0.25, -0.2) is 4.79 Å². The third-order valence-corrected chi connectivity index (χ3v) is 3.69. The van der Waals surface area contributed by atoms with E-state index in [1.807, 2.05) is 19.9 Å². The molecule has 2 aromatic carbocycles. The number of carbonyl (C=O) groups is 1. The number of methoxy groups -OCH3 is 2. The second-order valence-corrected chi connectivity index (χ2v) is 5.38. The molecular weight excluding hydrogens is 320 g/mol. The third-order valence-electron chi connectivity index (χ3n) is 3.69. The Labute approximate surface area is 147 Å². The molecule has 132 valence electrons. The van der Waals surface area contributed by atoms with Crippen molar-refractivity contribution in [2.24, 2.45) is 0 Å². The molecule has 0 heterocycles. The maximum Gasteiger partial charge on any atom is 0.336 e. The average molecular weight is 342 g/mol. The summed E-state index contributed by atoms with van der Waals surface area (Å²) in [6.45, 7) is 4.21. The first-order chi connectivity index (χ1) is 12.0. The van der Waals surface area contributed by atoms with Crippen LogP contribution in [0.25, 0.3) is 11.6 Å². The van der Waals surface area contributed by atoms with Gasteiger partial charge in [0.15, 0.2) is 11.5 Å². The van der Waals surface area contributed by atoms with Crippen LogP contribution in [0, 0.1) is 6.92 Å². The smallest absolute Gasteiger partial charge is 0.336 e. The van der Waals surface area contributed by atoms with Gasteiger partial charge in [0.2, 0.25) is 0 Å². The molecule has 5 nitrogen and oxygen atoms in total. The maximum absolute atomic E-state index is 11.9. The van der Waals surface area contributed by atoms with Crippen LogP contribution in [0.15, 0.2) is 36.4 Å². The fraction of sp³-hybridized carbons (Fsp3) is 0.250. The van der Waals surface area contributed by atoms with Crippen molar-refractivity contribution in [2.45, 2.75) is 13.8 Å². The highest BCUT2D eigenvalue weighted by Gasteiger charge is 2.18. The zero-order chi connectivity index (χ0) is 18.4. The number of benzene rings is 2. The molecule has 2 aromatic rings. The van der Waals surface area contributed by atoms with Crippen molar-refractivity contribution in [3.05, 3.63) is 53.1 Å². The summed E-state index contributed by atoms with van der Waals surface area (Å²) < 4.78 is 16.3. The number of aryl methyl sites for hydroxylation is 1. The van der Waals surface area contributed by atoms with Gasteiger partial charge in [-0.1, -0.05) is 23.8 Å². The van der Waals surface area contributed by atoms with E-state index in [-0.39, 0.29) is 5.57 Å². The van der Waals surface area contributed by atoms with Crippen molar-refractivity contribution in [2.75, 3.05) is 20.8 Å². The summed E-state index contributed by atoms with van der Waals surface area (Å²) in [5.41, 5.74) is 2.20. The molecule has 0 amide bonds. The van der Waals surface area contributed by atoms with Crippen molar-refractivity contribution in [1.29, 1.82) is 0 Å². The van der Waals surface area contributed by atoms with E-state index in [9.17, 15) is 9.90 Å². The van der Waals surface area contributed by atoms with Gasteiger partial charge in [-0.3, -0.25) is 0 Å². The third kappa shape index (κ3) is 4.12. The zero-order valence-corrected chi connectivity index (χ0v) is 14.8. The van der Waals surface area contributed by atoms with Gasteiger partial charge < -0.3 is 19.3 Å². The minimum atomic E-state index is -1.05. The van der Waals surface area contributed by atoms with Crippen LogP contribution in [0.3, 0.4) is 0 Å². The minimum absolute atomic E-state index is 0.120. The summed E-state index contributed by atoms with van der Waals surface area (Å²) in [4.78, 5) is 11.9. The van der Waals surface area contributed by atoms with Crippen molar-refractivity contribution in [3.8, 4) is 17.2 Å². The lowest BCUT2D eigenvalue weighted by Gasteiger charge is -2.14. The molecule has 0 bridgehead atoms. The first kappa shape index (κ1) is 18.4. The van der Waals surface area contributed by atoms with Gasteiger partial charge in [0.05, 0.1) is 26.4 Å². The van der Waals surface area contributed by atoms with Crippen molar-refractivity contribution in [3.63, 3.8) is 0 Å². The van der Waals surface area contributed by atoms with Crippen LogP contribution in [0.4, 0.5) is 0 Å². The minimum Gasteiger partial charge on any atom is -0.496 e. The van der Waals surface area contributed by atoms with Crippen LogP contribution in [0.5, 0.6) is 17.2 Å². The number of rotatable bonds is 7. The summed E-state index contributed by atoms with van der Waals surface area (Å²) in [5.74, 6) is 0.517. The number of hydrogen-bond acceptors (Lipinski definition) is 4. The van der Waals surface area contributed by atoms with Crippen LogP contribution < -0.4 is 14.2 Å². The fourth-order valence-electron chi connectivity index (χ4n) is 2.55. The van der Waals surface area contributed by atoms with Gasteiger partial charge in [0.25, 0.3) is 0 Å². The zero-order valence-electron chi connectivity index (χ0n) is 14.8. The van der Waals surface area contributed by atoms with Crippen molar-refractivity contribution in [1.82, 2.24) is 0 Å². The molecule has 0 aliphatic carbocycles. The molecule has 0 spiro atoms. The second-order valence-electron chi connectivity index (χ2n) is 5.38. The van der Waals surface area contributed by atoms with Crippen LogP contribution >= 0.6 is 0 Å². The highest BCUT2D eigenvalue weighted by Crippen LogP contribution is 2.35. The Morgan fingerprint density at radius 2 is 1.84 bits per heavy atom. The fourth-order valence-corrected chi connectivity index (χ4v) is 2.55. The first-order valence-electron chi connectivity index (χ1n) is 7.91. The molecule has 0 atom stereocenters. The number of ether oxygens (including phenoxy) is 3. The Hall–Kier alpha value is -2.95. The number of aliphatic carboxylic acids is 1. The molecule has 0 aromatic heterocycles. The van der Waals surface area contributed by atoms with Gasteiger partial charge in [-0.05, 0) is 38.1 Å². The van der Waals surface area contributed by atoms with E-state index in [1.165, 1.54) is 7.11 Å². The lowest BCUT2D eigenvalue weighted by Crippen LogP contribution is -2.03. The molecule has 0 saturated carbocycles. The molecule has 0 fully saturated rings. The summed E-state index contributed by atoms with van der Waals surface area (Å²) in [7, 11) is 3.07. The highest BCUT2D eigenvalue weighted by molar-refractivity contribution is 6.21. The number of carboxylic acid groups (broad SMARTS) is 1. The Morgan fingerprint density at radius 1 is 1.12 bits per heavy atom. The molecule has 1 N–H and O–H groups in total. The quantitative estimate of drug-likeness (QED) is 0.608. The van der Waals surface area contributed by atoms with E-state index >= 15 is 0 Å². The first-order valence-corrected chi connectivity index (χ1v) is 7.91. The summed E-state index contributed by atoms with van der Waals surface area (Å²) >= 11 is 0. The molecule has 5 heteroatoms. The highest BCUT2D eigenvalue weighted by atomic mass is 16.5. The lowest BCUT2D eigenvalue weighted by molar-refractivity contribution is -0.130. The number of para-hydroxylation sites is 1. The predicted molar refractivity (Wildman–Crippen MR) is 97.4 cm³/mol. The topological polar surface area (TPSA) is 65.0 Å². The average Bonchev–Trinajstić information content (AvgIpc) is 2.60. The van der Waals surface area contributed by atoms with Crippen molar-refractivity contribution < 1.29 is 24.1 Å². The second kappa shape index (κ2) is 8.24. The van der Waals surface area contributed by atoms with Crippen LogP contribution in [0.2, 0.25) is 0 Å². The molecule has 0 aliphatic rings. The molecule has 0 aliphatic heterocycles. The van der Waals surface area contributed by atoms with E-state index in [4.69, 9.17) is 14.2 Å². The van der Waals surface area contributed by atoms with E-state index in [0.29, 0.717) is 35.0 Å². The summed E-state index contributed by atoms with van der Waals surface area (Å²) in [6, 6.07) is 10.8. The molecule has 0 unspecified atom stereocenters. The van der Waals surface area contributed by atoms with Gasteiger partial charge in [0.1, 0.15) is 5.75 Å². The van der Waals surface area contributed by atoms with Gasteiger partial charge in [-0.15, -0.1) is 0 Å². The number of carboxylic acids is 1. The molecule has 2 rings (SSSR count). The van der Waals surface area contributed by atoms with Crippen LogP contribution in [0.1, 0.15) is 23.6 Å². The largest absolute Gasteiger partial charge is 0.496 e. The molecule has 0 saturated heterocycles. The lowest BCUT2D eigenvalue weighted by atomic mass is 9.99. The van der Waals surface area contributed by atoms with Crippen LogP contribution in [-0.2, 0) is 4.79 Å². The SMILES string of the molecule is CCOc1c(/C=C(\C(=O)O)c2cc(C)ccc2OC)cccc1OC.